The highest BCUT2D eigenvalue weighted by Crippen LogP contribution is 2.22. The summed E-state index contributed by atoms with van der Waals surface area (Å²) in [5.41, 5.74) is 2.04. The van der Waals surface area contributed by atoms with Gasteiger partial charge in [0.05, 0.1) is 25.3 Å². The molecule has 1 N–H and O–H groups in total. The summed E-state index contributed by atoms with van der Waals surface area (Å²) in [5, 5.41) is 9.80. The van der Waals surface area contributed by atoms with Crippen molar-refractivity contribution in [2.45, 2.75) is 6.54 Å². The molecule has 0 saturated heterocycles. The fraction of sp³-hybridized carbons (Fsp3) is 0.250. The van der Waals surface area contributed by atoms with Crippen molar-refractivity contribution in [3.8, 4) is 11.4 Å². The van der Waals surface area contributed by atoms with Crippen LogP contribution in [0.5, 0.6) is 0 Å². The maximum absolute atomic E-state index is 8.71. The van der Waals surface area contributed by atoms with Crippen LogP contribution in [0.2, 0.25) is 0 Å². The summed E-state index contributed by atoms with van der Waals surface area (Å²) in [6.07, 6.45) is 5.52. The predicted octanol–water partition coefficient (Wildman–Crippen LogP) is 2.11. The second-order valence-electron chi connectivity index (χ2n) is 4.69. The van der Waals surface area contributed by atoms with E-state index in [0.717, 1.165) is 22.3 Å². The molecule has 2 heterocycles. The molecule has 3 rings (SSSR count). The highest BCUT2D eigenvalue weighted by molar-refractivity contribution is 5.83. The molecule has 0 aliphatic carbocycles. The number of aliphatic hydroxyl groups is 1. The highest BCUT2D eigenvalue weighted by atomic mass is 16.5. The number of benzene rings is 1. The second-order valence-corrected chi connectivity index (χ2v) is 4.69. The molecule has 5 nitrogen and oxygen atoms in total. The molecule has 0 bridgehead atoms. The Hall–Kier alpha value is -2.24. The zero-order valence-electron chi connectivity index (χ0n) is 11.6. The van der Waals surface area contributed by atoms with E-state index in [0.29, 0.717) is 19.8 Å². The van der Waals surface area contributed by atoms with E-state index in [2.05, 4.69) is 20.6 Å². The van der Waals surface area contributed by atoms with E-state index < -0.39 is 0 Å². The molecule has 0 unspecified atom stereocenters. The molecule has 5 heteroatoms. The smallest absolute Gasteiger partial charge is 0.139 e. The van der Waals surface area contributed by atoms with Crippen molar-refractivity contribution in [2.24, 2.45) is 0 Å². The summed E-state index contributed by atoms with van der Waals surface area (Å²) < 4.78 is 7.36. The first kappa shape index (κ1) is 13.7. The van der Waals surface area contributed by atoms with Gasteiger partial charge in [0.25, 0.3) is 0 Å². The third-order valence-electron chi connectivity index (χ3n) is 3.29. The summed E-state index contributed by atoms with van der Waals surface area (Å²) in [7, 11) is 0. The van der Waals surface area contributed by atoms with E-state index in [-0.39, 0.29) is 6.61 Å². The summed E-state index contributed by atoms with van der Waals surface area (Å²) in [4.78, 5) is 8.76. The predicted molar refractivity (Wildman–Crippen MR) is 80.9 cm³/mol. The Balaban J connectivity index is 1.83. The lowest BCUT2D eigenvalue weighted by Gasteiger charge is -2.09. The van der Waals surface area contributed by atoms with Gasteiger partial charge in [0, 0.05) is 36.1 Å². The molecule has 21 heavy (non-hydrogen) atoms. The van der Waals surface area contributed by atoms with Gasteiger partial charge in [-0.2, -0.15) is 0 Å². The van der Waals surface area contributed by atoms with Gasteiger partial charge in [-0.15, -0.1) is 0 Å². The quantitative estimate of drug-likeness (QED) is 0.704. The topological polar surface area (TPSA) is 60.2 Å². The Morgan fingerprint density at radius 3 is 2.95 bits per heavy atom. The molecule has 2 aromatic heterocycles. The zero-order valence-corrected chi connectivity index (χ0v) is 11.6. The van der Waals surface area contributed by atoms with Crippen molar-refractivity contribution in [2.75, 3.05) is 19.8 Å². The fourth-order valence-corrected chi connectivity index (χ4v) is 2.29. The van der Waals surface area contributed by atoms with E-state index in [1.807, 2.05) is 30.5 Å². The van der Waals surface area contributed by atoms with E-state index in [4.69, 9.17) is 9.84 Å². The zero-order chi connectivity index (χ0) is 14.5. The standard InChI is InChI=1S/C16H17N3O2/c20-9-11-21-10-8-19-7-6-18-16(19)14-3-4-15-13(12-14)2-1-5-17-15/h1-7,12,20H,8-11H2. The Morgan fingerprint density at radius 1 is 1.10 bits per heavy atom. The fourth-order valence-electron chi connectivity index (χ4n) is 2.29. The van der Waals surface area contributed by atoms with E-state index in [1.54, 1.807) is 12.4 Å². The molecule has 1 aromatic carbocycles. The van der Waals surface area contributed by atoms with Crippen LogP contribution < -0.4 is 0 Å². The molecule has 108 valence electrons. The Morgan fingerprint density at radius 2 is 2.05 bits per heavy atom. The minimum absolute atomic E-state index is 0.0501. The van der Waals surface area contributed by atoms with Gasteiger partial charge < -0.3 is 14.4 Å². The molecule has 0 atom stereocenters. The van der Waals surface area contributed by atoms with Crippen molar-refractivity contribution in [3.05, 3.63) is 48.9 Å². The number of rotatable bonds is 6. The van der Waals surface area contributed by atoms with Crippen molar-refractivity contribution in [1.82, 2.24) is 14.5 Å². The SMILES string of the molecule is OCCOCCn1ccnc1-c1ccc2ncccc2c1. The Bertz CT molecular complexity index is 724. The number of aliphatic hydroxyl groups excluding tert-OH is 1. The van der Waals surface area contributed by atoms with Gasteiger partial charge in [-0.3, -0.25) is 4.98 Å². The van der Waals surface area contributed by atoms with Crippen LogP contribution in [0.3, 0.4) is 0 Å². The lowest BCUT2D eigenvalue weighted by molar-refractivity contribution is 0.0872. The van der Waals surface area contributed by atoms with Gasteiger partial charge in [0.2, 0.25) is 0 Å². The van der Waals surface area contributed by atoms with Gasteiger partial charge >= 0.3 is 0 Å². The molecule has 0 aliphatic rings. The van der Waals surface area contributed by atoms with E-state index in [1.165, 1.54) is 0 Å². The van der Waals surface area contributed by atoms with Crippen LogP contribution in [-0.2, 0) is 11.3 Å². The Kier molecular flexibility index (Phi) is 4.23. The Labute approximate surface area is 122 Å². The van der Waals surface area contributed by atoms with Gasteiger partial charge in [-0.1, -0.05) is 6.07 Å². The number of nitrogens with zero attached hydrogens (tertiary/aromatic N) is 3. The summed E-state index contributed by atoms with van der Waals surface area (Å²) >= 11 is 0. The van der Waals surface area contributed by atoms with Crippen molar-refractivity contribution in [1.29, 1.82) is 0 Å². The minimum atomic E-state index is 0.0501. The molecule has 0 radical (unpaired) electrons. The molecule has 0 saturated carbocycles. The lowest BCUT2D eigenvalue weighted by atomic mass is 10.1. The maximum Gasteiger partial charge on any atom is 0.139 e. The third-order valence-corrected chi connectivity index (χ3v) is 3.29. The normalized spacial score (nSPS) is 11.1. The number of aromatic nitrogens is 3. The van der Waals surface area contributed by atoms with Crippen LogP contribution in [0.25, 0.3) is 22.3 Å². The summed E-state index contributed by atoms with van der Waals surface area (Å²) in [6.45, 7) is 1.68. The van der Waals surface area contributed by atoms with Crippen LogP contribution in [0.1, 0.15) is 0 Å². The number of pyridine rings is 1. The monoisotopic (exact) mass is 283 g/mol. The van der Waals surface area contributed by atoms with Gasteiger partial charge in [-0.05, 0) is 24.3 Å². The number of ether oxygens (including phenoxy) is 1. The summed E-state index contributed by atoms with van der Waals surface area (Å²) in [6, 6.07) is 10.1. The first-order chi connectivity index (χ1) is 10.4. The van der Waals surface area contributed by atoms with Crippen LogP contribution in [0.15, 0.2) is 48.9 Å². The van der Waals surface area contributed by atoms with E-state index in [9.17, 15) is 0 Å². The highest BCUT2D eigenvalue weighted by Gasteiger charge is 2.07. The molecule has 0 fully saturated rings. The van der Waals surface area contributed by atoms with Crippen LogP contribution in [0, 0.1) is 0 Å². The van der Waals surface area contributed by atoms with Crippen molar-refractivity contribution >= 4 is 10.9 Å². The van der Waals surface area contributed by atoms with Gasteiger partial charge in [0.15, 0.2) is 0 Å². The van der Waals surface area contributed by atoms with Crippen molar-refractivity contribution in [3.63, 3.8) is 0 Å². The summed E-state index contributed by atoms with van der Waals surface area (Å²) in [5.74, 6) is 0.911. The number of imidazole rings is 1. The van der Waals surface area contributed by atoms with Gasteiger partial charge in [0.1, 0.15) is 5.82 Å². The first-order valence-electron chi connectivity index (χ1n) is 6.93. The third kappa shape index (κ3) is 3.09. The average molecular weight is 283 g/mol. The maximum atomic E-state index is 8.71. The lowest BCUT2D eigenvalue weighted by Crippen LogP contribution is -2.08. The van der Waals surface area contributed by atoms with E-state index >= 15 is 0 Å². The molecule has 3 aromatic rings. The van der Waals surface area contributed by atoms with Crippen molar-refractivity contribution < 1.29 is 9.84 Å². The molecule has 0 spiro atoms. The van der Waals surface area contributed by atoms with Crippen LogP contribution >= 0.6 is 0 Å². The van der Waals surface area contributed by atoms with Gasteiger partial charge in [-0.25, -0.2) is 4.98 Å². The molecule has 0 aliphatic heterocycles. The van der Waals surface area contributed by atoms with Crippen LogP contribution in [0.4, 0.5) is 0 Å². The molecular formula is C16H17N3O2. The molecular weight excluding hydrogens is 266 g/mol. The second kappa shape index (κ2) is 6.47. The number of hydrogen-bond donors (Lipinski definition) is 1. The molecule has 0 amide bonds. The number of hydrogen-bond acceptors (Lipinski definition) is 4. The largest absolute Gasteiger partial charge is 0.394 e. The minimum Gasteiger partial charge on any atom is -0.394 e. The average Bonchev–Trinajstić information content (AvgIpc) is 2.99. The first-order valence-corrected chi connectivity index (χ1v) is 6.93. The van der Waals surface area contributed by atoms with Crippen LogP contribution in [-0.4, -0.2) is 39.5 Å². The number of fused-ring (bicyclic) bond motifs is 1.